The second kappa shape index (κ2) is 6.81. The van der Waals surface area contributed by atoms with Gasteiger partial charge in [0, 0.05) is 30.6 Å². The molecule has 92 valence electrons. The standard InChI is InChI=1S/C11H21N3OS/c1-4-9(5-6-15)7-12-11-13-10(8(2)3)14-16-11/h8-9,15H,4-7H2,1-3H3,(H,12,13,14). The second-order valence-corrected chi connectivity index (χ2v) is 5.03. The minimum absolute atomic E-state index is 0.257. The lowest BCUT2D eigenvalue weighted by atomic mass is 10.0. The van der Waals surface area contributed by atoms with Crippen LogP contribution in [0, 0.1) is 5.92 Å². The van der Waals surface area contributed by atoms with E-state index in [0.717, 1.165) is 30.3 Å². The summed E-state index contributed by atoms with van der Waals surface area (Å²) in [7, 11) is 0. The fourth-order valence-corrected chi connectivity index (χ4v) is 2.12. The summed E-state index contributed by atoms with van der Waals surface area (Å²) < 4.78 is 4.28. The summed E-state index contributed by atoms with van der Waals surface area (Å²) in [6, 6.07) is 0. The largest absolute Gasteiger partial charge is 0.396 e. The van der Waals surface area contributed by atoms with E-state index < -0.39 is 0 Å². The molecule has 1 heterocycles. The van der Waals surface area contributed by atoms with Crippen molar-refractivity contribution in [3.63, 3.8) is 0 Å². The normalized spacial score (nSPS) is 13.1. The fourth-order valence-electron chi connectivity index (χ4n) is 1.41. The Morgan fingerprint density at radius 3 is 2.69 bits per heavy atom. The topological polar surface area (TPSA) is 58.0 Å². The Labute approximate surface area is 101 Å². The molecule has 0 spiro atoms. The van der Waals surface area contributed by atoms with E-state index in [1.54, 1.807) is 0 Å². The summed E-state index contributed by atoms with van der Waals surface area (Å²) in [5.41, 5.74) is 0. The van der Waals surface area contributed by atoms with Gasteiger partial charge >= 0.3 is 0 Å². The zero-order valence-corrected chi connectivity index (χ0v) is 11.0. The first kappa shape index (κ1) is 13.4. The number of aromatic nitrogens is 2. The van der Waals surface area contributed by atoms with Crippen LogP contribution >= 0.6 is 11.5 Å². The van der Waals surface area contributed by atoms with Crippen LogP contribution in [0.2, 0.25) is 0 Å². The molecule has 0 aromatic carbocycles. The van der Waals surface area contributed by atoms with Crippen LogP contribution in [-0.2, 0) is 0 Å². The van der Waals surface area contributed by atoms with Crippen LogP contribution in [0.1, 0.15) is 45.4 Å². The van der Waals surface area contributed by atoms with Gasteiger partial charge in [0.2, 0.25) is 5.13 Å². The van der Waals surface area contributed by atoms with E-state index in [-0.39, 0.29) is 6.61 Å². The molecule has 0 aliphatic rings. The third-order valence-corrected chi connectivity index (χ3v) is 3.30. The number of aliphatic hydroxyl groups is 1. The van der Waals surface area contributed by atoms with Gasteiger partial charge in [-0.1, -0.05) is 27.2 Å². The summed E-state index contributed by atoms with van der Waals surface area (Å²) in [5, 5.41) is 13.1. The van der Waals surface area contributed by atoms with Crippen molar-refractivity contribution in [1.82, 2.24) is 9.36 Å². The summed E-state index contributed by atoms with van der Waals surface area (Å²) in [4.78, 5) is 4.41. The number of nitrogens with zero attached hydrogens (tertiary/aromatic N) is 2. The third-order valence-electron chi connectivity index (χ3n) is 2.61. The molecule has 1 unspecified atom stereocenters. The minimum atomic E-state index is 0.257. The molecular formula is C11H21N3OS. The quantitative estimate of drug-likeness (QED) is 0.772. The van der Waals surface area contributed by atoms with Crippen molar-refractivity contribution in [3.05, 3.63) is 5.82 Å². The number of rotatable bonds is 7. The molecule has 16 heavy (non-hydrogen) atoms. The Balaban J connectivity index is 2.41. The summed E-state index contributed by atoms with van der Waals surface area (Å²) in [6.07, 6.45) is 1.92. The summed E-state index contributed by atoms with van der Waals surface area (Å²) in [5.74, 6) is 1.80. The van der Waals surface area contributed by atoms with Gasteiger partial charge in [0.05, 0.1) is 0 Å². The predicted octanol–water partition coefficient (Wildman–Crippen LogP) is 2.48. The van der Waals surface area contributed by atoms with Gasteiger partial charge in [-0.2, -0.15) is 4.37 Å². The molecule has 1 rings (SSSR count). The molecule has 0 saturated carbocycles. The van der Waals surface area contributed by atoms with Crippen molar-refractivity contribution in [3.8, 4) is 0 Å². The number of hydrogen-bond donors (Lipinski definition) is 2. The van der Waals surface area contributed by atoms with E-state index >= 15 is 0 Å². The zero-order chi connectivity index (χ0) is 12.0. The van der Waals surface area contributed by atoms with Gasteiger partial charge in [0.25, 0.3) is 0 Å². The highest BCUT2D eigenvalue weighted by Crippen LogP contribution is 2.18. The van der Waals surface area contributed by atoms with Crippen LogP contribution < -0.4 is 5.32 Å². The molecule has 4 nitrogen and oxygen atoms in total. The zero-order valence-electron chi connectivity index (χ0n) is 10.2. The molecule has 1 aromatic rings. The first-order valence-corrected chi connectivity index (χ1v) is 6.63. The maximum absolute atomic E-state index is 8.89. The highest BCUT2D eigenvalue weighted by Gasteiger charge is 2.09. The van der Waals surface area contributed by atoms with Crippen molar-refractivity contribution in [2.24, 2.45) is 5.92 Å². The molecule has 0 saturated heterocycles. The van der Waals surface area contributed by atoms with Crippen molar-refractivity contribution >= 4 is 16.7 Å². The van der Waals surface area contributed by atoms with Crippen LogP contribution in [0.4, 0.5) is 5.13 Å². The number of aliphatic hydroxyl groups excluding tert-OH is 1. The fraction of sp³-hybridized carbons (Fsp3) is 0.818. The lowest BCUT2D eigenvalue weighted by molar-refractivity contribution is 0.258. The van der Waals surface area contributed by atoms with E-state index in [2.05, 4.69) is 35.4 Å². The molecule has 0 radical (unpaired) electrons. The lowest BCUT2D eigenvalue weighted by Crippen LogP contribution is -2.14. The van der Waals surface area contributed by atoms with Crippen LogP contribution in [0.15, 0.2) is 0 Å². The molecule has 0 aliphatic heterocycles. The Hall–Kier alpha value is -0.680. The van der Waals surface area contributed by atoms with Gasteiger partial charge in [0.1, 0.15) is 5.82 Å². The summed E-state index contributed by atoms with van der Waals surface area (Å²) >= 11 is 1.41. The molecule has 0 amide bonds. The smallest absolute Gasteiger partial charge is 0.202 e. The van der Waals surface area contributed by atoms with Crippen LogP contribution in [0.25, 0.3) is 0 Å². The molecule has 1 atom stereocenters. The predicted molar refractivity (Wildman–Crippen MR) is 68.0 cm³/mol. The van der Waals surface area contributed by atoms with Gasteiger partial charge in [-0.15, -0.1) is 0 Å². The van der Waals surface area contributed by atoms with E-state index in [0.29, 0.717) is 11.8 Å². The molecule has 2 N–H and O–H groups in total. The maximum atomic E-state index is 8.89. The number of anilines is 1. The van der Waals surface area contributed by atoms with Crippen molar-refractivity contribution in [1.29, 1.82) is 0 Å². The van der Waals surface area contributed by atoms with Crippen LogP contribution in [0.5, 0.6) is 0 Å². The average molecular weight is 243 g/mol. The average Bonchev–Trinajstić information content (AvgIpc) is 2.73. The van der Waals surface area contributed by atoms with Crippen LogP contribution in [0.3, 0.4) is 0 Å². The van der Waals surface area contributed by atoms with E-state index in [9.17, 15) is 0 Å². The Bertz CT molecular complexity index is 301. The highest BCUT2D eigenvalue weighted by atomic mass is 32.1. The van der Waals surface area contributed by atoms with Crippen molar-refractivity contribution < 1.29 is 5.11 Å². The first-order valence-electron chi connectivity index (χ1n) is 5.85. The first-order chi connectivity index (χ1) is 7.67. The Morgan fingerprint density at radius 1 is 1.44 bits per heavy atom. The summed E-state index contributed by atoms with van der Waals surface area (Å²) in [6.45, 7) is 7.44. The van der Waals surface area contributed by atoms with E-state index in [1.807, 2.05) is 0 Å². The molecular weight excluding hydrogens is 222 g/mol. The molecule has 1 aromatic heterocycles. The molecule has 0 aliphatic carbocycles. The maximum Gasteiger partial charge on any atom is 0.202 e. The molecule has 0 fully saturated rings. The van der Waals surface area contributed by atoms with Gasteiger partial charge in [-0.3, -0.25) is 0 Å². The van der Waals surface area contributed by atoms with Crippen LogP contribution in [-0.4, -0.2) is 27.6 Å². The SMILES string of the molecule is CCC(CCO)CNc1nc(C(C)C)ns1. The Kier molecular flexibility index (Phi) is 5.69. The monoisotopic (exact) mass is 243 g/mol. The molecule has 5 heteroatoms. The van der Waals surface area contributed by atoms with Gasteiger partial charge in [-0.05, 0) is 12.3 Å². The highest BCUT2D eigenvalue weighted by molar-refractivity contribution is 7.09. The lowest BCUT2D eigenvalue weighted by Gasteiger charge is -2.13. The number of nitrogens with one attached hydrogen (secondary N) is 1. The van der Waals surface area contributed by atoms with Gasteiger partial charge < -0.3 is 10.4 Å². The van der Waals surface area contributed by atoms with E-state index in [4.69, 9.17) is 5.11 Å². The second-order valence-electron chi connectivity index (χ2n) is 4.28. The Morgan fingerprint density at radius 2 is 2.19 bits per heavy atom. The van der Waals surface area contributed by atoms with Crippen molar-refractivity contribution in [2.45, 2.75) is 39.5 Å². The van der Waals surface area contributed by atoms with Crippen molar-refractivity contribution in [2.75, 3.05) is 18.5 Å². The van der Waals surface area contributed by atoms with E-state index in [1.165, 1.54) is 11.5 Å². The minimum Gasteiger partial charge on any atom is -0.396 e. The molecule has 0 bridgehead atoms. The van der Waals surface area contributed by atoms with Gasteiger partial charge in [0.15, 0.2) is 0 Å². The van der Waals surface area contributed by atoms with Gasteiger partial charge in [-0.25, -0.2) is 4.98 Å². The number of hydrogen-bond acceptors (Lipinski definition) is 5. The third kappa shape index (κ3) is 4.06.